The summed E-state index contributed by atoms with van der Waals surface area (Å²) in [6.45, 7) is 4.38. The van der Waals surface area contributed by atoms with Gasteiger partial charge in [-0.1, -0.05) is 37.3 Å². The van der Waals surface area contributed by atoms with Crippen molar-refractivity contribution in [3.63, 3.8) is 0 Å². The maximum absolute atomic E-state index is 5.56. The average Bonchev–Trinajstić information content (AvgIpc) is 2.66. The summed E-state index contributed by atoms with van der Waals surface area (Å²) in [7, 11) is 3.41. The molecule has 4 heteroatoms. The van der Waals surface area contributed by atoms with Crippen LogP contribution < -0.4 is 20.1 Å². The van der Waals surface area contributed by atoms with Gasteiger partial charge in [0.2, 0.25) is 0 Å². The molecule has 0 bridgehead atoms. The fraction of sp³-hybridized carbons (Fsp3) is 0.429. The summed E-state index contributed by atoms with van der Waals surface area (Å²) in [6, 6.07) is 15.9. The SMILES string of the molecule is CC[C@@H]([NH3+])[C@H]1c2cc(OC)c(OC)cc2CC[NH+]1Cc1ccccc1. The molecular weight excluding hydrogens is 312 g/mol. The highest BCUT2D eigenvalue weighted by Crippen LogP contribution is 2.34. The lowest BCUT2D eigenvalue weighted by Crippen LogP contribution is -3.14. The van der Waals surface area contributed by atoms with E-state index < -0.39 is 0 Å². The first-order chi connectivity index (χ1) is 12.2. The summed E-state index contributed by atoms with van der Waals surface area (Å²) in [5.41, 5.74) is 8.61. The minimum atomic E-state index is 0.371. The molecule has 2 aromatic carbocycles. The lowest BCUT2D eigenvalue weighted by atomic mass is 9.86. The van der Waals surface area contributed by atoms with Crippen LogP contribution in [0.15, 0.2) is 42.5 Å². The third-order valence-electron chi connectivity index (χ3n) is 5.41. The monoisotopic (exact) mass is 342 g/mol. The number of fused-ring (bicyclic) bond motifs is 1. The molecule has 0 spiro atoms. The Morgan fingerprint density at radius 1 is 1.12 bits per heavy atom. The predicted molar refractivity (Wildman–Crippen MR) is 98.9 cm³/mol. The number of methoxy groups -OCH3 is 2. The van der Waals surface area contributed by atoms with Gasteiger partial charge in [-0.15, -0.1) is 0 Å². The van der Waals surface area contributed by atoms with E-state index in [9.17, 15) is 0 Å². The lowest BCUT2D eigenvalue weighted by Gasteiger charge is -2.36. The number of quaternary nitrogens is 2. The topological polar surface area (TPSA) is 50.5 Å². The van der Waals surface area contributed by atoms with Gasteiger partial charge in [0.05, 0.1) is 20.8 Å². The van der Waals surface area contributed by atoms with Crippen molar-refractivity contribution in [3.05, 3.63) is 59.2 Å². The fourth-order valence-electron chi connectivity index (χ4n) is 3.99. The quantitative estimate of drug-likeness (QED) is 0.834. The summed E-state index contributed by atoms with van der Waals surface area (Å²) in [5.74, 6) is 1.64. The van der Waals surface area contributed by atoms with Crippen molar-refractivity contribution in [2.24, 2.45) is 0 Å². The fourth-order valence-corrected chi connectivity index (χ4v) is 3.99. The molecule has 0 aliphatic carbocycles. The molecular formula is C21H30N2O2+2. The Hall–Kier alpha value is -2.04. The van der Waals surface area contributed by atoms with Crippen molar-refractivity contribution in [1.82, 2.24) is 0 Å². The largest absolute Gasteiger partial charge is 0.493 e. The van der Waals surface area contributed by atoms with Crippen molar-refractivity contribution in [3.8, 4) is 11.5 Å². The Morgan fingerprint density at radius 3 is 2.44 bits per heavy atom. The Kier molecular flexibility index (Phi) is 5.61. The molecule has 4 nitrogen and oxygen atoms in total. The number of hydrogen-bond acceptors (Lipinski definition) is 2. The van der Waals surface area contributed by atoms with Crippen LogP contribution in [0, 0.1) is 0 Å². The second-order valence-corrected chi connectivity index (χ2v) is 6.87. The first-order valence-corrected chi connectivity index (χ1v) is 9.14. The van der Waals surface area contributed by atoms with Crippen LogP contribution in [0.1, 0.15) is 36.1 Å². The van der Waals surface area contributed by atoms with Crippen molar-refractivity contribution in [2.45, 2.75) is 38.4 Å². The number of rotatable bonds is 6. The summed E-state index contributed by atoms with van der Waals surface area (Å²) in [4.78, 5) is 1.59. The molecule has 0 saturated carbocycles. The summed E-state index contributed by atoms with van der Waals surface area (Å²) < 4.78 is 11.1. The van der Waals surface area contributed by atoms with Crippen LogP contribution in [0.25, 0.3) is 0 Å². The van der Waals surface area contributed by atoms with E-state index in [1.165, 1.54) is 16.7 Å². The minimum absolute atomic E-state index is 0.371. The number of ether oxygens (including phenoxy) is 2. The summed E-state index contributed by atoms with van der Waals surface area (Å²) in [6.07, 6.45) is 2.13. The normalized spacial score (nSPS) is 20.6. The van der Waals surface area contributed by atoms with E-state index in [-0.39, 0.29) is 0 Å². The van der Waals surface area contributed by atoms with Gasteiger partial charge in [-0.3, -0.25) is 0 Å². The van der Waals surface area contributed by atoms with Crippen LogP contribution in [-0.4, -0.2) is 26.8 Å². The molecule has 1 unspecified atom stereocenters. The number of benzene rings is 2. The molecule has 4 N–H and O–H groups in total. The molecule has 0 radical (unpaired) electrons. The molecule has 3 atom stereocenters. The van der Waals surface area contributed by atoms with E-state index in [1.54, 1.807) is 19.1 Å². The molecule has 3 rings (SSSR count). The first-order valence-electron chi connectivity index (χ1n) is 9.14. The van der Waals surface area contributed by atoms with E-state index in [1.807, 2.05) is 0 Å². The highest BCUT2D eigenvalue weighted by Gasteiger charge is 2.38. The van der Waals surface area contributed by atoms with Crippen molar-refractivity contribution >= 4 is 0 Å². The van der Waals surface area contributed by atoms with Crippen LogP contribution in [-0.2, 0) is 13.0 Å². The van der Waals surface area contributed by atoms with Crippen LogP contribution >= 0.6 is 0 Å². The standard InChI is InChI=1S/C21H28N2O2/c1-4-18(22)21-17-13-20(25-3)19(24-2)12-16(17)10-11-23(21)14-15-8-6-5-7-9-15/h5-9,12-13,18,21H,4,10-11,14,22H2,1-3H3/p+2/t18-,21-/m1/s1. The molecule has 25 heavy (non-hydrogen) atoms. The van der Waals surface area contributed by atoms with Crippen LogP contribution in [0.4, 0.5) is 0 Å². The van der Waals surface area contributed by atoms with Gasteiger partial charge >= 0.3 is 0 Å². The third kappa shape index (κ3) is 3.65. The van der Waals surface area contributed by atoms with E-state index in [4.69, 9.17) is 9.47 Å². The molecule has 1 aliphatic heterocycles. The van der Waals surface area contributed by atoms with Gasteiger partial charge in [0, 0.05) is 24.0 Å². The lowest BCUT2D eigenvalue weighted by molar-refractivity contribution is -0.957. The Bertz CT molecular complexity index is 703. The molecule has 0 saturated heterocycles. The van der Waals surface area contributed by atoms with Gasteiger partial charge in [-0.05, 0) is 17.7 Å². The summed E-state index contributed by atoms with van der Waals surface area (Å²) >= 11 is 0. The van der Waals surface area contributed by atoms with Gasteiger partial charge < -0.3 is 20.1 Å². The van der Waals surface area contributed by atoms with Gasteiger partial charge in [0.1, 0.15) is 12.6 Å². The van der Waals surface area contributed by atoms with Crippen molar-refractivity contribution in [2.75, 3.05) is 20.8 Å². The highest BCUT2D eigenvalue weighted by molar-refractivity contribution is 5.49. The molecule has 0 fully saturated rings. The maximum atomic E-state index is 5.56. The predicted octanol–water partition coefficient (Wildman–Crippen LogP) is 1.41. The molecule has 134 valence electrons. The minimum Gasteiger partial charge on any atom is -0.493 e. The Balaban J connectivity index is 1.98. The molecule has 1 heterocycles. The first kappa shape index (κ1) is 17.8. The van der Waals surface area contributed by atoms with Crippen LogP contribution in [0.2, 0.25) is 0 Å². The molecule has 0 amide bonds. The smallest absolute Gasteiger partial charge is 0.166 e. The second-order valence-electron chi connectivity index (χ2n) is 6.87. The second kappa shape index (κ2) is 7.89. The molecule has 0 aromatic heterocycles. The zero-order valence-electron chi connectivity index (χ0n) is 15.5. The van der Waals surface area contributed by atoms with E-state index in [2.05, 4.69) is 55.1 Å². The van der Waals surface area contributed by atoms with E-state index in [0.29, 0.717) is 12.1 Å². The molecule has 1 aliphatic rings. The zero-order valence-corrected chi connectivity index (χ0v) is 15.5. The Labute approximate surface area is 150 Å². The van der Waals surface area contributed by atoms with E-state index in [0.717, 1.165) is 37.4 Å². The third-order valence-corrected chi connectivity index (χ3v) is 5.41. The average molecular weight is 342 g/mol. The van der Waals surface area contributed by atoms with Gasteiger partial charge in [-0.25, -0.2) is 0 Å². The van der Waals surface area contributed by atoms with Gasteiger partial charge in [0.15, 0.2) is 17.5 Å². The highest BCUT2D eigenvalue weighted by atomic mass is 16.5. The van der Waals surface area contributed by atoms with Crippen molar-refractivity contribution in [1.29, 1.82) is 0 Å². The summed E-state index contributed by atoms with van der Waals surface area (Å²) in [5, 5.41) is 0. The van der Waals surface area contributed by atoms with E-state index >= 15 is 0 Å². The molecule has 2 aromatic rings. The van der Waals surface area contributed by atoms with Crippen LogP contribution in [0.5, 0.6) is 11.5 Å². The van der Waals surface area contributed by atoms with Crippen molar-refractivity contribution < 1.29 is 20.1 Å². The zero-order chi connectivity index (χ0) is 17.8. The van der Waals surface area contributed by atoms with Crippen LogP contribution in [0.3, 0.4) is 0 Å². The van der Waals surface area contributed by atoms with Gasteiger partial charge in [0.25, 0.3) is 0 Å². The number of hydrogen-bond donors (Lipinski definition) is 2. The maximum Gasteiger partial charge on any atom is 0.166 e. The van der Waals surface area contributed by atoms with Gasteiger partial charge in [-0.2, -0.15) is 0 Å². The number of nitrogens with one attached hydrogen (secondary N) is 1. The Morgan fingerprint density at radius 2 is 1.80 bits per heavy atom.